The standard InChI is InChI=1S/C22H18N2O4/c1-13-19(24-21(27-13)15-8-4-3-5-9-15)22(26)28-14(2)20(25)17-12-23-18-11-7-6-10-16(17)18/h3-12,14,23H,1-2H3. The summed E-state index contributed by atoms with van der Waals surface area (Å²) in [6, 6.07) is 16.7. The molecule has 0 amide bonds. The van der Waals surface area contributed by atoms with Crippen LogP contribution in [0.4, 0.5) is 0 Å². The fraction of sp³-hybridized carbons (Fsp3) is 0.136. The van der Waals surface area contributed by atoms with Crippen LogP contribution in [-0.4, -0.2) is 27.8 Å². The molecule has 0 aliphatic heterocycles. The first-order valence-electron chi connectivity index (χ1n) is 8.88. The van der Waals surface area contributed by atoms with Gasteiger partial charge in [0.2, 0.25) is 11.7 Å². The number of nitrogens with zero attached hydrogens (tertiary/aromatic N) is 1. The number of aromatic nitrogens is 2. The number of aryl methyl sites for hydroxylation is 1. The molecule has 6 nitrogen and oxygen atoms in total. The predicted octanol–water partition coefficient (Wildman–Crippen LogP) is 4.56. The number of Topliss-reactive ketones (excluding diaryl/α,β-unsaturated/α-hetero) is 1. The average molecular weight is 374 g/mol. The van der Waals surface area contributed by atoms with Crippen LogP contribution in [0.25, 0.3) is 22.4 Å². The summed E-state index contributed by atoms with van der Waals surface area (Å²) in [6.45, 7) is 3.19. The Morgan fingerprint density at radius 3 is 2.57 bits per heavy atom. The van der Waals surface area contributed by atoms with E-state index in [-0.39, 0.29) is 11.5 Å². The van der Waals surface area contributed by atoms with E-state index in [1.54, 1.807) is 20.0 Å². The number of nitrogens with one attached hydrogen (secondary N) is 1. The van der Waals surface area contributed by atoms with Gasteiger partial charge in [-0.15, -0.1) is 0 Å². The van der Waals surface area contributed by atoms with Gasteiger partial charge in [0, 0.05) is 28.2 Å². The van der Waals surface area contributed by atoms with Crippen molar-refractivity contribution in [2.45, 2.75) is 20.0 Å². The van der Waals surface area contributed by atoms with E-state index in [9.17, 15) is 9.59 Å². The molecule has 0 saturated heterocycles. The lowest BCUT2D eigenvalue weighted by molar-refractivity contribution is 0.0312. The highest BCUT2D eigenvalue weighted by molar-refractivity contribution is 6.10. The van der Waals surface area contributed by atoms with Gasteiger partial charge in [0.15, 0.2) is 11.8 Å². The van der Waals surface area contributed by atoms with Crippen molar-refractivity contribution >= 4 is 22.7 Å². The van der Waals surface area contributed by atoms with E-state index >= 15 is 0 Å². The van der Waals surface area contributed by atoms with Gasteiger partial charge in [-0.3, -0.25) is 4.79 Å². The fourth-order valence-corrected chi connectivity index (χ4v) is 3.05. The minimum absolute atomic E-state index is 0.0671. The number of hydrogen-bond acceptors (Lipinski definition) is 5. The Bertz CT molecular complexity index is 1160. The first-order chi connectivity index (χ1) is 13.5. The zero-order valence-electron chi connectivity index (χ0n) is 15.4. The summed E-state index contributed by atoms with van der Waals surface area (Å²) >= 11 is 0. The van der Waals surface area contributed by atoms with Crippen LogP contribution < -0.4 is 0 Å². The Labute approximate surface area is 161 Å². The summed E-state index contributed by atoms with van der Waals surface area (Å²) in [5.41, 5.74) is 2.16. The number of fused-ring (bicyclic) bond motifs is 1. The van der Waals surface area contributed by atoms with Gasteiger partial charge in [-0.25, -0.2) is 9.78 Å². The summed E-state index contributed by atoms with van der Waals surface area (Å²) in [5, 5.41) is 0.791. The second-order valence-corrected chi connectivity index (χ2v) is 6.45. The topological polar surface area (TPSA) is 85.2 Å². The van der Waals surface area contributed by atoms with Gasteiger partial charge in [0.25, 0.3) is 0 Å². The molecule has 0 aliphatic rings. The molecular formula is C22H18N2O4. The number of carbonyl (C=O) groups excluding carboxylic acids is 2. The van der Waals surface area contributed by atoms with Gasteiger partial charge in [0.05, 0.1) is 0 Å². The molecule has 4 aromatic rings. The maximum atomic E-state index is 12.8. The molecule has 0 aliphatic carbocycles. The zero-order chi connectivity index (χ0) is 19.7. The van der Waals surface area contributed by atoms with Crippen LogP contribution in [-0.2, 0) is 4.74 Å². The second-order valence-electron chi connectivity index (χ2n) is 6.45. The molecule has 0 radical (unpaired) electrons. The molecule has 0 spiro atoms. The van der Waals surface area contributed by atoms with Gasteiger partial charge >= 0.3 is 5.97 Å². The van der Waals surface area contributed by atoms with Crippen LogP contribution in [0, 0.1) is 6.92 Å². The lowest BCUT2D eigenvalue weighted by Crippen LogP contribution is -2.24. The van der Waals surface area contributed by atoms with Gasteiger partial charge in [0.1, 0.15) is 5.76 Å². The Morgan fingerprint density at radius 1 is 1.07 bits per heavy atom. The number of ether oxygens (including phenoxy) is 1. The minimum Gasteiger partial charge on any atom is -0.449 e. The number of benzene rings is 2. The second kappa shape index (κ2) is 7.15. The van der Waals surface area contributed by atoms with Crippen molar-refractivity contribution in [3.63, 3.8) is 0 Å². The summed E-state index contributed by atoms with van der Waals surface area (Å²) in [4.78, 5) is 32.6. The van der Waals surface area contributed by atoms with Crippen LogP contribution in [0.2, 0.25) is 0 Å². The molecule has 1 N–H and O–H groups in total. The molecule has 140 valence electrons. The zero-order valence-corrected chi connectivity index (χ0v) is 15.4. The van der Waals surface area contributed by atoms with E-state index in [2.05, 4.69) is 9.97 Å². The monoisotopic (exact) mass is 374 g/mol. The molecule has 0 saturated carbocycles. The molecule has 1 unspecified atom stereocenters. The van der Waals surface area contributed by atoms with E-state index < -0.39 is 12.1 Å². The lowest BCUT2D eigenvalue weighted by atomic mass is 10.1. The number of oxazole rings is 1. The summed E-state index contributed by atoms with van der Waals surface area (Å²) in [5.74, 6) is -0.296. The quantitative estimate of drug-likeness (QED) is 0.409. The van der Waals surface area contributed by atoms with Crippen LogP contribution >= 0.6 is 0 Å². The molecular weight excluding hydrogens is 356 g/mol. The lowest BCUT2D eigenvalue weighted by Gasteiger charge is -2.11. The van der Waals surface area contributed by atoms with Gasteiger partial charge in [-0.1, -0.05) is 36.4 Å². The van der Waals surface area contributed by atoms with E-state index in [0.717, 1.165) is 16.5 Å². The van der Waals surface area contributed by atoms with E-state index in [1.807, 2.05) is 54.6 Å². The third-order valence-electron chi connectivity index (χ3n) is 4.52. The fourth-order valence-electron chi connectivity index (χ4n) is 3.05. The third kappa shape index (κ3) is 3.20. The number of hydrogen-bond donors (Lipinski definition) is 1. The molecule has 28 heavy (non-hydrogen) atoms. The molecule has 2 aromatic heterocycles. The number of H-pyrrole nitrogens is 1. The highest BCUT2D eigenvalue weighted by Crippen LogP contribution is 2.23. The number of esters is 1. The van der Waals surface area contributed by atoms with E-state index in [1.165, 1.54) is 0 Å². The first-order valence-corrected chi connectivity index (χ1v) is 8.88. The average Bonchev–Trinajstić information content (AvgIpc) is 3.32. The van der Waals surface area contributed by atoms with E-state index in [0.29, 0.717) is 17.2 Å². The first kappa shape index (κ1) is 17.7. The van der Waals surface area contributed by atoms with Crippen LogP contribution in [0.1, 0.15) is 33.5 Å². The number of carbonyl (C=O) groups is 2. The molecule has 2 heterocycles. The number of ketones is 1. The van der Waals surface area contributed by atoms with Crippen molar-refractivity contribution < 1.29 is 18.7 Å². The van der Waals surface area contributed by atoms with Gasteiger partial charge < -0.3 is 14.1 Å². The molecule has 2 aromatic carbocycles. The van der Waals surface area contributed by atoms with Crippen LogP contribution in [0.5, 0.6) is 0 Å². The highest BCUT2D eigenvalue weighted by atomic mass is 16.5. The number of rotatable bonds is 5. The highest BCUT2D eigenvalue weighted by Gasteiger charge is 2.26. The SMILES string of the molecule is Cc1oc(-c2ccccc2)nc1C(=O)OC(C)C(=O)c1c[nH]c2ccccc12. The molecule has 6 heteroatoms. The van der Waals surface area contributed by atoms with Crippen molar-refractivity contribution in [2.75, 3.05) is 0 Å². The van der Waals surface area contributed by atoms with Crippen molar-refractivity contribution in [3.8, 4) is 11.5 Å². The number of para-hydroxylation sites is 1. The maximum absolute atomic E-state index is 12.8. The Kier molecular flexibility index (Phi) is 4.53. The van der Waals surface area contributed by atoms with Gasteiger partial charge in [-0.05, 0) is 32.0 Å². The molecule has 1 atom stereocenters. The van der Waals surface area contributed by atoms with E-state index in [4.69, 9.17) is 9.15 Å². The molecule has 0 fully saturated rings. The van der Waals surface area contributed by atoms with Crippen molar-refractivity contribution in [1.82, 2.24) is 9.97 Å². The van der Waals surface area contributed by atoms with Crippen LogP contribution in [0.3, 0.4) is 0 Å². The Balaban J connectivity index is 1.53. The number of aromatic amines is 1. The Morgan fingerprint density at radius 2 is 1.79 bits per heavy atom. The Hall–Kier alpha value is -3.67. The largest absolute Gasteiger partial charge is 0.449 e. The third-order valence-corrected chi connectivity index (χ3v) is 4.52. The summed E-state index contributed by atoms with van der Waals surface area (Å²) < 4.78 is 11.0. The van der Waals surface area contributed by atoms with Gasteiger partial charge in [-0.2, -0.15) is 0 Å². The van der Waals surface area contributed by atoms with Crippen LogP contribution in [0.15, 0.2) is 65.2 Å². The minimum atomic E-state index is -0.956. The maximum Gasteiger partial charge on any atom is 0.361 e. The van der Waals surface area contributed by atoms with Crippen molar-refractivity contribution in [1.29, 1.82) is 0 Å². The summed E-state index contributed by atoms with van der Waals surface area (Å²) in [6.07, 6.45) is 0.676. The molecule has 0 bridgehead atoms. The molecule has 4 rings (SSSR count). The normalized spacial score (nSPS) is 12.1. The van der Waals surface area contributed by atoms with Crippen molar-refractivity contribution in [3.05, 3.63) is 77.8 Å². The predicted molar refractivity (Wildman–Crippen MR) is 104 cm³/mol. The summed E-state index contributed by atoms with van der Waals surface area (Å²) in [7, 11) is 0. The van der Waals surface area contributed by atoms with Crippen molar-refractivity contribution in [2.24, 2.45) is 0 Å². The smallest absolute Gasteiger partial charge is 0.361 e.